The summed E-state index contributed by atoms with van der Waals surface area (Å²) < 4.78 is 11.5. The lowest BCUT2D eigenvalue weighted by Crippen LogP contribution is -2.60. The molecule has 1 saturated heterocycles. The molecule has 0 radical (unpaired) electrons. The molecule has 3 fully saturated rings. The number of nitrogens with one attached hydrogen (secondary N) is 3. The van der Waals surface area contributed by atoms with E-state index in [2.05, 4.69) is 61.2 Å². The number of amides is 2. The van der Waals surface area contributed by atoms with Gasteiger partial charge < -0.3 is 35.2 Å². The Morgan fingerprint density at radius 3 is 2.30 bits per heavy atom. The highest BCUT2D eigenvalue weighted by molar-refractivity contribution is 6.08. The number of nitrogens with zero attached hydrogens (tertiary/aromatic N) is 3. The molecule has 312 valence electrons. The lowest BCUT2D eigenvalue weighted by molar-refractivity contribution is -0.153. The fourth-order valence-electron chi connectivity index (χ4n) is 7.76. The number of amidine groups is 1. The van der Waals surface area contributed by atoms with Crippen molar-refractivity contribution in [2.45, 2.75) is 163 Å². The molecule has 0 spiro atoms. The Bertz CT molecular complexity index is 1540. The van der Waals surface area contributed by atoms with E-state index in [1.54, 1.807) is 12.0 Å². The summed E-state index contributed by atoms with van der Waals surface area (Å²) in [5.41, 5.74) is 3.40. The lowest BCUT2D eigenvalue weighted by atomic mass is 10.0. The third-order valence-corrected chi connectivity index (χ3v) is 10.4. The molecule has 2 aliphatic carbocycles. The van der Waals surface area contributed by atoms with E-state index >= 15 is 0 Å². The van der Waals surface area contributed by atoms with Gasteiger partial charge in [-0.3, -0.25) is 9.59 Å². The maximum absolute atomic E-state index is 13.4. The molecule has 2 atom stereocenters. The second kappa shape index (κ2) is 23.7. The van der Waals surface area contributed by atoms with Crippen LogP contribution in [0, 0.1) is 5.92 Å². The number of methoxy groups -OCH3 is 1. The number of carbonyl (C=O) groups excluding carboxylic acids is 3. The number of carbonyl (C=O) groups is 3. The number of anilines is 1. The highest BCUT2D eigenvalue weighted by atomic mass is 16.5. The van der Waals surface area contributed by atoms with Crippen molar-refractivity contribution in [1.82, 2.24) is 20.4 Å². The predicted molar refractivity (Wildman–Crippen MR) is 229 cm³/mol. The van der Waals surface area contributed by atoms with E-state index in [0.717, 1.165) is 86.3 Å². The van der Waals surface area contributed by atoms with Gasteiger partial charge in [-0.1, -0.05) is 85.6 Å². The Balaban J connectivity index is 0.00000271. The van der Waals surface area contributed by atoms with Crippen LogP contribution in [0.5, 0.6) is 5.75 Å². The molecule has 4 rings (SSSR count). The predicted octanol–water partition coefficient (Wildman–Crippen LogP) is 8.93. The zero-order valence-electron chi connectivity index (χ0n) is 36.0. The Kier molecular flexibility index (Phi) is 19.5. The van der Waals surface area contributed by atoms with E-state index in [9.17, 15) is 14.4 Å². The second-order valence-electron chi connectivity index (χ2n) is 15.6. The van der Waals surface area contributed by atoms with Crippen molar-refractivity contribution < 1.29 is 23.9 Å². The van der Waals surface area contributed by atoms with E-state index in [1.807, 2.05) is 52.1 Å². The highest BCUT2D eigenvalue weighted by Crippen LogP contribution is 2.34. The normalized spacial score (nSPS) is 19.9. The van der Waals surface area contributed by atoms with Crippen LogP contribution in [-0.2, 0) is 19.1 Å². The van der Waals surface area contributed by atoms with Crippen molar-refractivity contribution in [3.8, 4) is 5.75 Å². The molecular formula is C45H72N6O5. The summed E-state index contributed by atoms with van der Waals surface area (Å²) in [7, 11) is 3.46. The van der Waals surface area contributed by atoms with E-state index < -0.39 is 6.04 Å². The van der Waals surface area contributed by atoms with E-state index in [0.29, 0.717) is 43.8 Å². The molecule has 1 aromatic rings. The standard InChI is InChI=1S/C42H64N6O5.C3H8/c1-9-17-33(43-25-16-22-39(49)46-35(26-28(4)5)42(51)53-32-20-14-15-21-32)30-23-24-34(38(27-30)52-8)44-29(6)45-40-36(10-2)47(7)41(50)37(11-3)48(40)31-18-12-13-19-31;1-3-2/h10,17,23-24,27-28,31-32,35,37,43-44H,6,9,11-16,18-22,25-26H2,1-5,7-8H3,(H,46,49);3H2,1-2H3/b33-17-,36-10+,45-40+;. The van der Waals surface area contributed by atoms with Crippen molar-refractivity contribution in [1.29, 1.82) is 0 Å². The number of piperazine rings is 1. The van der Waals surface area contributed by atoms with Crippen LogP contribution in [0.3, 0.4) is 0 Å². The number of allylic oxidation sites excluding steroid dienone is 2. The van der Waals surface area contributed by atoms with Crippen LogP contribution in [0.15, 0.2) is 53.4 Å². The van der Waals surface area contributed by atoms with Gasteiger partial charge in [0.2, 0.25) is 11.8 Å². The Labute approximate surface area is 337 Å². The quantitative estimate of drug-likeness (QED) is 0.0998. The van der Waals surface area contributed by atoms with Gasteiger partial charge in [-0.15, -0.1) is 0 Å². The number of likely N-dealkylation sites (N-methyl/N-ethyl adjacent to an activating group) is 1. The average Bonchev–Trinajstić information content (AvgIpc) is 3.90. The van der Waals surface area contributed by atoms with E-state index in [-0.39, 0.29) is 41.9 Å². The molecule has 2 amide bonds. The first-order chi connectivity index (χ1) is 26.9. The molecule has 2 saturated carbocycles. The molecule has 3 aliphatic rings. The first kappa shape index (κ1) is 46.1. The molecule has 3 N–H and O–H groups in total. The molecule has 1 aromatic carbocycles. The first-order valence-electron chi connectivity index (χ1n) is 21.3. The maximum atomic E-state index is 13.4. The maximum Gasteiger partial charge on any atom is 0.328 e. The minimum Gasteiger partial charge on any atom is -0.495 e. The fourth-order valence-corrected chi connectivity index (χ4v) is 7.76. The molecular weight excluding hydrogens is 705 g/mol. The van der Waals surface area contributed by atoms with Crippen LogP contribution in [0.25, 0.3) is 5.70 Å². The van der Waals surface area contributed by atoms with Crippen LogP contribution < -0.4 is 20.7 Å². The van der Waals surface area contributed by atoms with Gasteiger partial charge in [0, 0.05) is 37.3 Å². The Hall–Kier alpha value is -4.28. The molecule has 1 aliphatic heterocycles. The van der Waals surface area contributed by atoms with Crippen LogP contribution >= 0.6 is 0 Å². The Morgan fingerprint density at radius 1 is 1.05 bits per heavy atom. The molecule has 1 heterocycles. The van der Waals surface area contributed by atoms with Crippen molar-refractivity contribution in [2.75, 3.05) is 26.0 Å². The van der Waals surface area contributed by atoms with Gasteiger partial charge in [0.1, 0.15) is 29.8 Å². The van der Waals surface area contributed by atoms with E-state index in [4.69, 9.17) is 14.5 Å². The van der Waals surface area contributed by atoms with Crippen molar-refractivity contribution in [3.63, 3.8) is 0 Å². The second-order valence-corrected chi connectivity index (χ2v) is 15.6. The first-order valence-corrected chi connectivity index (χ1v) is 21.3. The number of esters is 1. The molecule has 0 aromatic heterocycles. The van der Waals surface area contributed by atoms with Gasteiger partial charge >= 0.3 is 5.97 Å². The van der Waals surface area contributed by atoms with Crippen LogP contribution in [-0.4, -0.2) is 78.4 Å². The largest absolute Gasteiger partial charge is 0.495 e. The number of hydrogen-bond acceptors (Lipinski definition) is 8. The smallest absolute Gasteiger partial charge is 0.328 e. The number of hydrogen-bond donors (Lipinski definition) is 3. The molecule has 11 heteroatoms. The summed E-state index contributed by atoms with van der Waals surface area (Å²) >= 11 is 0. The van der Waals surface area contributed by atoms with Crippen molar-refractivity contribution in [3.05, 3.63) is 54.0 Å². The topological polar surface area (TPSA) is 125 Å². The zero-order chi connectivity index (χ0) is 41.2. The van der Waals surface area contributed by atoms with Gasteiger partial charge in [-0.05, 0) is 89.2 Å². The average molecular weight is 777 g/mol. The van der Waals surface area contributed by atoms with Gasteiger partial charge in [0.05, 0.1) is 18.5 Å². The van der Waals surface area contributed by atoms with Gasteiger partial charge in [-0.2, -0.15) is 0 Å². The van der Waals surface area contributed by atoms with Crippen LogP contribution in [0.1, 0.15) is 144 Å². The van der Waals surface area contributed by atoms with Crippen LogP contribution in [0.2, 0.25) is 0 Å². The SMILES string of the molecule is C=C(/N=C1\C(=C/C)N(C)C(=O)C(CC)N1C1CCCC1)Nc1ccc(/C(=C/CC)NCCCC(=O)NC(CC(C)C)C(=O)OC2CCCC2)cc1OC.CCC. The summed E-state index contributed by atoms with van der Waals surface area (Å²) in [4.78, 5) is 48.1. The summed E-state index contributed by atoms with van der Waals surface area (Å²) in [5.74, 6) is 1.75. The summed E-state index contributed by atoms with van der Waals surface area (Å²) in [6.07, 6.45) is 16.6. The summed E-state index contributed by atoms with van der Waals surface area (Å²) in [5, 5.41) is 9.81. The number of benzene rings is 1. The monoisotopic (exact) mass is 777 g/mol. The van der Waals surface area contributed by atoms with Gasteiger partial charge in [-0.25, -0.2) is 9.79 Å². The molecule has 11 nitrogen and oxygen atoms in total. The third-order valence-electron chi connectivity index (χ3n) is 10.4. The van der Waals surface area contributed by atoms with Gasteiger partial charge in [0.25, 0.3) is 0 Å². The minimum atomic E-state index is -0.619. The number of rotatable bonds is 18. The zero-order valence-corrected chi connectivity index (χ0v) is 36.0. The lowest BCUT2D eigenvalue weighted by Gasteiger charge is -2.45. The fraction of sp³-hybridized carbons (Fsp3) is 0.644. The number of ether oxygens (including phenoxy) is 2. The highest BCUT2D eigenvalue weighted by Gasteiger charge is 2.42. The van der Waals surface area contributed by atoms with Crippen LogP contribution in [0.4, 0.5) is 5.69 Å². The molecule has 0 bridgehead atoms. The van der Waals surface area contributed by atoms with Crippen molar-refractivity contribution >= 4 is 35.0 Å². The number of aliphatic imine (C=N–C) groups is 1. The van der Waals surface area contributed by atoms with E-state index in [1.165, 1.54) is 6.42 Å². The molecule has 56 heavy (non-hydrogen) atoms. The Morgan fingerprint density at radius 2 is 1.71 bits per heavy atom. The summed E-state index contributed by atoms with van der Waals surface area (Å²) in [6, 6.07) is 5.33. The summed E-state index contributed by atoms with van der Waals surface area (Å²) in [6.45, 7) is 19.3. The minimum absolute atomic E-state index is 0.0254. The molecule has 2 unspecified atom stereocenters. The third kappa shape index (κ3) is 13.2. The van der Waals surface area contributed by atoms with Gasteiger partial charge in [0.15, 0.2) is 5.84 Å². The van der Waals surface area contributed by atoms with Crippen molar-refractivity contribution in [2.24, 2.45) is 10.9 Å².